The van der Waals surface area contributed by atoms with Crippen molar-refractivity contribution in [1.29, 1.82) is 0 Å². The zero-order chi connectivity index (χ0) is 17.8. The standard InChI is InChI=1S/C17H19ClN2O3S2/c1-2-23-16(22)13-5-3-4-8-20(13)15(21)10-24-17-19-12-9-11(18)6-7-14(12)25-17/h6-7,9,13H,2-5,8,10H2,1H3/t13-/m0/s1. The third-order valence-electron chi connectivity index (χ3n) is 4.03. The van der Waals surface area contributed by atoms with Gasteiger partial charge in [0.15, 0.2) is 4.34 Å². The quantitative estimate of drug-likeness (QED) is 0.563. The number of fused-ring (bicyclic) bond motifs is 1. The zero-order valence-corrected chi connectivity index (χ0v) is 16.3. The molecule has 0 radical (unpaired) electrons. The topological polar surface area (TPSA) is 59.5 Å². The summed E-state index contributed by atoms with van der Waals surface area (Å²) in [7, 11) is 0. The second-order valence-corrected chi connectivity index (χ2v) is 8.42. The number of amides is 1. The molecule has 3 rings (SSSR count). The van der Waals surface area contributed by atoms with Gasteiger partial charge in [0.1, 0.15) is 6.04 Å². The fraction of sp³-hybridized carbons (Fsp3) is 0.471. The number of likely N-dealkylation sites (tertiary alicyclic amines) is 1. The highest BCUT2D eigenvalue weighted by Gasteiger charge is 2.33. The van der Waals surface area contributed by atoms with Crippen molar-refractivity contribution in [3.05, 3.63) is 23.2 Å². The monoisotopic (exact) mass is 398 g/mol. The lowest BCUT2D eigenvalue weighted by molar-refractivity contribution is -0.155. The third kappa shape index (κ3) is 4.46. The molecule has 25 heavy (non-hydrogen) atoms. The molecule has 1 aliphatic rings. The minimum atomic E-state index is -0.448. The van der Waals surface area contributed by atoms with Gasteiger partial charge in [-0.2, -0.15) is 0 Å². The predicted molar refractivity (Wildman–Crippen MR) is 101 cm³/mol. The number of esters is 1. The van der Waals surface area contributed by atoms with Gasteiger partial charge in [-0.15, -0.1) is 11.3 Å². The first kappa shape index (κ1) is 18.5. The van der Waals surface area contributed by atoms with E-state index in [1.165, 1.54) is 11.8 Å². The maximum Gasteiger partial charge on any atom is 0.328 e. The molecule has 0 saturated carbocycles. The smallest absolute Gasteiger partial charge is 0.328 e. The Morgan fingerprint density at radius 3 is 3.08 bits per heavy atom. The van der Waals surface area contributed by atoms with E-state index >= 15 is 0 Å². The van der Waals surface area contributed by atoms with Gasteiger partial charge in [-0.3, -0.25) is 4.79 Å². The number of piperidine rings is 1. The molecule has 1 fully saturated rings. The SMILES string of the molecule is CCOC(=O)[C@@H]1CCCCN1C(=O)CSc1nc2cc(Cl)ccc2s1. The van der Waals surface area contributed by atoms with Crippen molar-refractivity contribution >= 4 is 56.8 Å². The van der Waals surface area contributed by atoms with Crippen LogP contribution in [0.15, 0.2) is 22.5 Å². The number of halogens is 1. The fourth-order valence-corrected chi connectivity index (χ4v) is 4.96. The molecular formula is C17H19ClN2O3S2. The van der Waals surface area contributed by atoms with Gasteiger partial charge in [0, 0.05) is 11.6 Å². The Balaban J connectivity index is 1.64. The maximum atomic E-state index is 12.6. The van der Waals surface area contributed by atoms with E-state index < -0.39 is 6.04 Å². The summed E-state index contributed by atoms with van der Waals surface area (Å²) in [5.41, 5.74) is 0.842. The van der Waals surface area contributed by atoms with Gasteiger partial charge in [-0.1, -0.05) is 23.4 Å². The third-order valence-corrected chi connectivity index (χ3v) is 6.43. The van der Waals surface area contributed by atoms with Crippen LogP contribution in [0.5, 0.6) is 0 Å². The second kappa shape index (κ2) is 8.38. The van der Waals surface area contributed by atoms with Gasteiger partial charge >= 0.3 is 5.97 Å². The molecule has 0 bridgehead atoms. The van der Waals surface area contributed by atoms with Crippen LogP contribution in [0.3, 0.4) is 0 Å². The summed E-state index contributed by atoms with van der Waals surface area (Å²) in [5.74, 6) is -0.0704. The first-order valence-electron chi connectivity index (χ1n) is 8.23. The van der Waals surface area contributed by atoms with Crippen molar-refractivity contribution < 1.29 is 14.3 Å². The number of hydrogen-bond donors (Lipinski definition) is 0. The number of thiazole rings is 1. The first-order valence-corrected chi connectivity index (χ1v) is 10.4. The summed E-state index contributed by atoms with van der Waals surface area (Å²) in [6.07, 6.45) is 2.54. The zero-order valence-electron chi connectivity index (χ0n) is 13.9. The van der Waals surface area contributed by atoms with Crippen LogP contribution in [0.4, 0.5) is 0 Å². The largest absolute Gasteiger partial charge is 0.464 e. The Kier molecular flexibility index (Phi) is 6.19. The summed E-state index contributed by atoms with van der Waals surface area (Å²) in [6.45, 7) is 2.72. The van der Waals surface area contributed by atoms with Gasteiger partial charge < -0.3 is 9.64 Å². The van der Waals surface area contributed by atoms with Gasteiger partial charge in [-0.25, -0.2) is 9.78 Å². The molecule has 134 valence electrons. The lowest BCUT2D eigenvalue weighted by atomic mass is 10.0. The normalized spacial score (nSPS) is 17.7. The molecule has 1 aromatic carbocycles. The van der Waals surface area contributed by atoms with Crippen molar-refractivity contribution in [3.8, 4) is 0 Å². The Bertz CT molecular complexity index is 780. The molecule has 1 aromatic heterocycles. The van der Waals surface area contributed by atoms with Crippen LogP contribution in [0, 0.1) is 0 Å². The number of aromatic nitrogens is 1. The van der Waals surface area contributed by atoms with E-state index in [0.29, 0.717) is 24.6 Å². The summed E-state index contributed by atoms with van der Waals surface area (Å²) in [5, 5.41) is 0.649. The molecule has 0 spiro atoms. The molecule has 0 N–H and O–H groups in total. The molecule has 8 heteroatoms. The van der Waals surface area contributed by atoms with E-state index in [-0.39, 0.29) is 17.6 Å². The number of hydrogen-bond acceptors (Lipinski definition) is 6. The minimum absolute atomic E-state index is 0.0416. The van der Waals surface area contributed by atoms with Crippen LogP contribution in [0.2, 0.25) is 5.02 Å². The van der Waals surface area contributed by atoms with Crippen LogP contribution < -0.4 is 0 Å². The van der Waals surface area contributed by atoms with Gasteiger partial charge in [-0.05, 0) is 44.4 Å². The second-order valence-electron chi connectivity index (χ2n) is 5.73. The fourth-order valence-electron chi connectivity index (χ4n) is 2.86. The number of thioether (sulfide) groups is 1. The van der Waals surface area contributed by atoms with Gasteiger partial charge in [0.2, 0.25) is 5.91 Å². The molecule has 2 aromatic rings. The van der Waals surface area contributed by atoms with E-state index in [1.807, 2.05) is 18.2 Å². The summed E-state index contributed by atoms with van der Waals surface area (Å²) in [6, 6.07) is 5.14. The molecule has 0 unspecified atom stereocenters. The lowest BCUT2D eigenvalue weighted by Crippen LogP contribution is -2.49. The van der Waals surface area contributed by atoms with Crippen LogP contribution in [0.25, 0.3) is 10.2 Å². The Hall–Kier alpha value is -1.31. The molecule has 1 atom stereocenters. The number of ether oxygens (including phenoxy) is 1. The van der Waals surface area contributed by atoms with Crippen molar-refractivity contribution in [1.82, 2.24) is 9.88 Å². The predicted octanol–water partition coefficient (Wildman–Crippen LogP) is 3.99. The van der Waals surface area contributed by atoms with Crippen molar-refractivity contribution in [2.75, 3.05) is 18.9 Å². The van der Waals surface area contributed by atoms with Crippen molar-refractivity contribution in [3.63, 3.8) is 0 Å². The molecule has 0 aliphatic carbocycles. The molecule has 2 heterocycles. The first-order chi connectivity index (χ1) is 12.1. The van der Waals surface area contributed by atoms with E-state index in [2.05, 4.69) is 4.98 Å². The number of carbonyl (C=O) groups excluding carboxylic acids is 2. The van der Waals surface area contributed by atoms with Gasteiger partial charge in [0.25, 0.3) is 0 Å². The summed E-state index contributed by atoms with van der Waals surface area (Å²) >= 11 is 8.92. The van der Waals surface area contributed by atoms with E-state index in [1.54, 1.807) is 23.2 Å². The Morgan fingerprint density at radius 2 is 2.28 bits per heavy atom. The van der Waals surface area contributed by atoms with Crippen LogP contribution in [-0.4, -0.2) is 46.7 Å². The number of carbonyl (C=O) groups is 2. The lowest BCUT2D eigenvalue weighted by Gasteiger charge is -2.33. The van der Waals surface area contributed by atoms with Crippen LogP contribution in [-0.2, 0) is 14.3 Å². The molecule has 5 nitrogen and oxygen atoms in total. The molecule has 1 saturated heterocycles. The highest BCUT2D eigenvalue weighted by molar-refractivity contribution is 8.01. The Morgan fingerprint density at radius 1 is 1.44 bits per heavy atom. The molecular weight excluding hydrogens is 380 g/mol. The van der Waals surface area contributed by atoms with E-state index in [9.17, 15) is 9.59 Å². The highest BCUT2D eigenvalue weighted by atomic mass is 35.5. The minimum Gasteiger partial charge on any atom is -0.464 e. The summed E-state index contributed by atoms with van der Waals surface area (Å²) in [4.78, 5) is 30.9. The van der Waals surface area contributed by atoms with Crippen molar-refractivity contribution in [2.24, 2.45) is 0 Å². The van der Waals surface area contributed by atoms with Crippen molar-refractivity contribution in [2.45, 2.75) is 36.6 Å². The van der Waals surface area contributed by atoms with Crippen LogP contribution in [0.1, 0.15) is 26.2 Å². The van der Waals surface area contributed by atoms with Crippen LogP contribution >= 0.6 is 34.7 Å². The van der Waals surface area contributed by atoms with Gasteiger partial charge in [0.05, 0.1) is 22.6 Å². The number of rotatable bonds is 5. The molecule has 1 aliphatic heterocycles. The number of nitrogens with zero attached hydrogens (tertiary/aromatic N) is 2. The Labute approximate surface area is 159 Å². The molecule has 1 amide bonds. The van der Waals surface area contributed by atoms with E-state index in [4.69, 9.17) is 16.3 Å². The summed E-state index contributed by atoms with van der Waals surface area (Å²) < 4.78 is 6.99. The average Bonchev–Trinajstić information content (AvgIpc) is 3.02. The average molecular weight is 399 g/mol. The van der Waals surface area contributed by atoms with E-state index in [0.717, 1.165) is 27.4 Å². The number of benzene rings is 1. The maximum absolute atomic E-state index is 12.6. The highest BCUT2D eigenvalue weighted by Crippen LogP contribution is 2.31.